The lowest BCUT2D eigenvalue weighted by molar-refractivity contribution is -0.0896. The summed E-state index contributed by atoms with van der Waals surface area (Å²) in [7, 11) is 1.73. The summed E-state index contributed by atoms with van der Waals surface area (Å²) in [4.78, 5) is 4.88. The quantitative estimate of drug-likeness (QED) is 0.128. The molecule has 6 N–H and O–H groups in total. The van der Waals surface area contributed by atoms with Crippen molar-refractivity contribution in [1.29, 1.82) is 0 Å². The number of aliphatic hydroxyl groups is 2. The van der Waals surface area contributed by atoms with Crippen LogP contribution in [0, 0.1) is 52.9 Å². The fourth-order valence-electron chi connectivity index (χ4n) is 13.3. The van der Waals surface area contributed by atoms with Crippen molar-refractivity contribution in [3.8, 4) is 51.9 Å². The Labute approximate surface area is 385 Å². The molecular formula is C55H69N3O7. The van der Waals surface area contributed by atoms with Crippen LogP contribution in [0.3, 0.4) is 0 Å². The predicted molar refractivity (Wildman–Crippen MR) is 253 cm³/mol. The number of allylic oxidation sites excluding steroid dienone is 2. The Morgan fingerprint density at radius 2 is 1.83 bits per heavy atom. The van der Waals surface area contributed by atoms with Gasteiger partial charge in [-0.05, 0) is 152 Å². The first-order chi connectivity index (χ1) is 31.5. The van der Waals surface area contributed by atoms with E-state index in [1.807, 2.05) is 30.3 Å². The second-order valence-electron chi connectivity index (χ2n) is 21.0. The highest BCUT2D eigenvalue weighted by Crippen LogP contribution is 2.58. The van der Waals surface area contributed by atoms with Gasteiger partial charge in [0.05, 0.1) is 19.3 Å². The molecule has 65 heavy (non-hydrogen) atoms. The molecule has 0 saturated heterocycles. The molecule has 0 amide bonds. The Hall–Kier alpha value is -4.85. The first-order valence-corrected chi connectivity index (χ1v) is 24.8. The van der Waals surface area contributed by atoms with Gasteiger partial charge in [0.25, 0.3) is 0 Å². The molecule has 11 atom stereocenters. The lowest BCUT2D eigenvalue weighted by Gasteiger charge is -2.53. The fourth-order valence-corrected chi connectivity index (χ4v) is 13.3. The number of nitrogens with two attached hydrogens (primary N) is 1. The van der Waals surface area contributed by atoms with Crippen molar-refractivity contribution in [2.75, 3.05) is 20.2 Å². The molecule has 0 unspecified atom stereocenters. The molecule has 2 saturated carbocycles. The molecule has 9 aliphatic rings. The number of phenolic OH excluding ortho intramolecular Hbond substituents is 1. The number of hydrogen-bond acceptors (Lipinski definition) is 10. The second-order valence-corrected chi connectivity index (χ2v) is 21.0. The lowest BCUT2D eigenvalue weighted by Crippen LogP contribution is -2.54. The summed E-state index contributed by atoms with van der Waals surface area (Å²) in [6.45, 7) is 7.92. The van der Waals surface area contributed by atoms with E-state index in [0.29, 0.717) is 66.9 Å². The smallest absolute Gasteiger partial charge is 0.188 e. The van der Waals surface area contributed by atoms with E-state index in [1.165, 1.54) is 5.56 Å². The first kappa shape index (κ1) is 44.0. The molecule has 2 fully saturated rings. The van der Waals surface area contributed by atoms with Gasteiger partial charge >= 0.3 is 0 Å². The minimum Gasteiger partial charge on any atom is -0.508 e. The van der Waals surface area contributed by atoms with Gasteiger partial charge in [-0.1, -0.05) is 57.8 Å². The van der Waals surface area contributed by atoms with Crippen LogP contribution in [0.1, 0.15) is 131 Å². The van der Waals surface area contributed by atoms with Crippen LogP contribution in [0.15, 0.2) is 53.5 Å². The molecule has 0 spiro atoms. The number of aliphatic imine (C=N–C) groups is 1. The molecule has 0 aromatic heterocycles. The highest BCUT2D eigenvalue weighted by Gasteiger charge is 2.53. The number of aliphatic hydroxyl groups excluding tert-OH is 2. The lowest BCUT2D eigenvalue weighted by atomic mass is 9.55. The van der Waals surface area contributed by atoms with Gasteiger partial charge < -0.3 is 45.3 Å². The van der Waals surface area contributed by atoms with Crippen molar-refractivity contribution in [3.05, 3.63) is 76.4 Å². The first-order valence-electron chi connectivity index (χ1n) is 24.8. The molecule has 0 radical (unpaired) electrons. The van der Waals surface area contributed by atoms with Crippen molar-refractivity contribution in [1.82, 2.24) is 5.32 Å². The monoisotopic (exact) mass is 884 g/mol. The Morgan fingerprint density at radius 3 is 2.66 bits per heavy atom. The van der Waals surface area contributed by atoms with E-state index in [9.17, 15) is 15.3 Å². The number of methoxy groups -OCH3 is 1. The number of nitrogens with zero attached hydrogens (tertiary/aromatic N) is 1. The second kappa shape index (κ2) is 18.1. The van der Waals surface area contributed by atoms with Gasteiger partial charge in [-0.15, -0.1) is 0 Å². The third kappa shape index (κ3) is 8.35. The number of benzene rings is 3. The van der Waals surface area contributed by atoms with Crippen LogP contribution in [-0.4, -0.2) is 59.8 Å². The molecule has 3 aromatic rings. The van der Waals surface area contributed by atoms with Gasteiger partial charge in [0.2, 0.25) is 0 Å². The van der Waals surface area contributed by atoms with E-state index in [4.69, 9.17) is 29.7 Å². The van der Waals surface area contributed by atoms with Gasteiger partial charge in [0.1, 0.15) is 35.6 Å². The van der Waals surface area contributed by atoms with Gasteiger partial charge in [0.15, 0.2) is 17.5 Å². The van der Waals surface area contributed by atoms with Crippen LogP contribution in [0.4, 0.5) is 0 Å². The zero-order valence-electron chi connectivity index (χ0n) is 38.8. The van der Waals surface area contributed by atoms with Crippen LogP contribution in [0.25, 0.3) is 11.1 Å². The van der Waals surface area contributed by atoms with Gasteiger partial charge in [-0.25, -0.2) is 0 Å². The predicted octanol–water partition coefficient (Wildman–Crippen LogP) is 9.30. The van der Waals surface area contributed by atoms with Crippen molar-refractivity contribution >= 4 is 5.96 Å². The molecule has 4 aliphatic carbocycles. The summed E-state index contributed by atoms with van der Waals surface area (Å²) < 4.78 is 26.7. The standard InChI is InChI=1S/C55H69N3O7/c1-5-32-22-34-12-11-33(32)23-39(59)9-7-19-57-54(56)58-30-36-15-18-55-16-6-10-40(36)53(55)65-48-27-35(13-14-46(48)63-20-8-17-55)52-45(61)28-43-47(64-52)29-49(62-4)51-42-25-38(21-31(2)3)44(60)26-37(42)24-41(34)50(43)51/h11-14,25-27,29,31-34,36,39-41,45,52-53,59-61H,5-7,9-10,15-19,21-24,28,30H2,1-4H3,(H3,56,57,58)/t32-,33+,34+,36-,39+,40+,41+,45+,52-,53+,55+/m0/s1. The maximum absolute atomic E-state index is 12.4. The largest absolute Gasteiger partial charge is 0.508 e. The molecule has 12 bridgehead atoms. The van der Waals surface area contributed by atoms with Crippen LogP contribution in [0.2, 0.25) is 0 Å². The molecule has 346 valence electrons. The Kier molecular flexibility index (Phi) is 12.2. The van der Waals surface area contributed by atoms with E-state index in [-0.39, 0.29) is 35.2 Å². The Balaban J connectivity index is 1.09. The third-order valence-electron chi connectivity index (χ3n) is 16.6. The molecule has 10 nitrogen and oxygen atoms in total. The summed E-state index contributed by atoms with van der Waals surface area (Å²) in [5.74, 6) is 8.71. The number of rotatable bonds is 4. The van der Waals surface area contributed by atoms with Crippen molar-refractivity contribution in [2.24, 2.45) is 51.6 Å². The van der Waals surface area contributed by atoms with E-state index >= 15 is 0 Å². The molecule has 3 aromatic carbocycles. The topological polar surface area (TPSA) is 148 Å². The van der Waals surface area contributed by atoms with Crippen molar-refractivity contribution < 1.29 is 34.3 Å². The number of hydrogen-bond donors (Lipinski definition) is 5. The zero-order chi connectivity index (χ0) is 45.0. The third-order valence-corrected chi connectivity index (χ3v) is 16.6. The number of fused-ring (bicyclic) bond motifs is 2. The Bertz CT molecular complexity index is 2400. The summed E-state index contributed by atoms with van der Waals surface area (Å²) in [6.07, 6.45) is 17.9. The minimum absolute atomic E-state index is 0.0510. The van der Waals surface area contributed by atoms with Gasteiger partial charge in [0, 0.05) is 54.5 Å². The van der Waals surface area contributed by atoms with Crippen molar-refractivity contribution in [3.63, 3.8) is 0 Å². The summed E-state index contributed by atoms with van der Waals surface area (Å²) in [6, 6.07) is 12.1. The maximum atomic E-state index is 12.4. The van der Waals surface area contributed by atoms with E-state index in [0.717, 1.165) is 122 Å². The normalized spacial score (nSPS) is 32.6. The maximum Gasteiger partial charge on any atom is 0.188 e. The number of aromatic hydroxyl groups is 1. The van der Waals surface area contributed by atoms with E-state index in [1.54, 1.807) is 7.11 Å². The van der Waals surface area contributed by atoms with Crippen LogP contribution in [-0.2, 0) is 19.3 Å². The SMILES string of the molecule is CC[C@H]1C[C@H]2C=C[C@@H]1C[C@H](O)CCCNC(N)=NC[C@@H]1CC[C@@]34CC#COc5ccc(cc5O[C@@H]3[C@@H]1CCC4)[C@@H]1Oc3cc(OC)c4c(c3C[C@H]1O)[C@@H]2Cc1cc(O)c(CC(C)C)cc1-4. The molecule has 10 heteroatoms. The highest BCUT2D eigenvalue weighted by atomic mass is 16.5. The molecular weight excluding hydrogens is 815 g/mol. The fraction of sp³-hybridized carbons (Fsp3) is 0.582. The zero-order valence-corrected chi connectivity index (χ0v) is 38.8. The van der Waals surface area contributed by atoms with Crippen LogP contribution in [0.5, 0.6) is 28.7 Å². The van der Waals surface area contributed by atoms with E-state index < -0.39 is 18.3 Å². The summed E-state index contributed by atoms with van der Waals surface area (Å²) in [5.41, 5.74) is 13.6. The van der Waals surface area contributed by atoms with Crippen molar-refractivity contribution in [2.45, 2.75) is 141 Å². The number of guanidine groups is 1. The minimum atomic E-state index is -0.843. The van der Waals surface area contributed by atoms with Crippen LogP contribution >= 0.6 is 0 Å². The van der Waals surface area contributed by atoms with Gasteiger partial charge in [-0.3, -0.25) is 4.99 Å². The van der Waals surface area contributed by atoms with Gasteiger partial charge in [-0.2, -0.15) is 0 Å². The van der Waals surface area contributed by atoms with Crippen LogP contribution < -0.4 is 30.0 Å². The molecule has 12 rings (SSSR count). The highest BCUT2D eigenvalue weighted by molar-refractivity contribution is 5.84. The number of ether oxygens (including phenoxy) is 4. The summed E-state index contributed by atoms with van der Waals surface area (Å²) >= 11 is 0. The average Bonchev–Trinajstić information content (AvgIpc) is 3.37. The number of phenols is 1. The molecule has 5 heterocycles. The number of nitrogens with one attached hydrogen (secondary N) is 1. The average molecular weight is 884 g/mol. The summed E-state index contributed by atoms with van der Waals surface area (Å²) in [5, 5.41) is 38.5. The molecule has 5 aliphatic heterocycles. The van der Waals surface area contributed by atoms with E-state index in [2.05, 4.69) is 56.3 Å². The Morgan fingerprint density at radius 1 is 0.969 bits per heavy atom.